The van der Waals surface area contributed by atoms with Gasteiger partial charge < -0.3 is 14.6 Å². The standard InChI is InChI=1S/C6H5BrO4/c7-6-5(10)4(9)1-3(2-8)11-6/h1,8,10H,2H2. The lowest BCUT2D eigenvalue weighted by molar-refractivity contribution is 0.237. The number of hydrogen-bond donors (Lipinski definition) is 2. The van der Waals surface area contributed by atoms with E-state index in [9.17, 15) is 4.79 Å². The van der Waals surface area contributed by atoms with Crippen LogP contribution in [-0.4, -0.2) is 10.2 Å². The van der Waals surface area contributed by atoms with Crippen LogP contribution in [0.4, 0.5) is 0 Å². The second kappa shape index (κ2) is 3.06. The van der Waals surface area contributed by atoms with E-state index >= 15 is 0 Å². The first-order chi connectivity index (χ1) is 5.15. The Morgan fingerprint density at radius 2 is 2.27 bits per heavy atom. The molecule has 2 N–H and O–H groups in total. The lowest BCUT2D eigenvalue weighted by atomic mass is 10.4. The highest BCUT2D eigenvalue weighted by molar-refractivity contribution is 9.10. The summed E-state index contributed by atoms with van der Waals surface area (Å²) in [5, 5.41) is 17.4. The molecule has 60 valence electrons. The molecule has 4 nitrogen and oxygen atoms in total. The second-order valence-electron chi connectivity index (χ2n) is 1.86. The van der Waals surface area contributed by atoms with E-state index in [1.54, 1.807) is 0 Å². The van der Waals surface area contributed by atoms with Gasteiger partial charge in [-0.05, 0) is 15.9 Å². The Morgan fingerprint density at radius 3 is 2.73 bits per heavy atom. The van der Waals surface area contributed by atoms with Crippen molar-refractivity contribution in [1.29, 1.82) is 0 Å². The van der Waals surface area contributed by atoms with E-state index in [4.69, 9.17) is 14.6 Å². The van der Waals surface area contributed by atoms with Gasteiger partial charge in [-0.3, -0.25) is 4.79 Å². The first-order valence-electron chi connectivity index (χ1n) is 2.77. The summed E-state index contributed by atoms with van der Waals surface area (Å²) in [5.41, 5.74) is -0.577. The maximum absolute atomic E-state index is 10.8. The van der Waals surface area contributed by atoms with Crippen molar-refractivity contribution >= 4 is 15.9 Å². The van der Waals surface area contributed by atoms with Gasteiger partial charge in [-0.15, -0.1) is 0 Å². The van der Waals surface area contributed by atoms with E-state index < -0.39 is 11.2 Å². The number of halogens is 1. The minimum Gasteiger partial charge on any atom is -0.501 e. The van der Waals surface area contributed by atoms with Crippen molar-refractivity contribution in [2.45, 2.75) is 6.61 Å². The molecule has 1 aromatic rings. The van der Waals surface area contributed by atoms with Crippen molar-refractivity contribution in [2.24, 2.45) is 0 Å². The first-order valence-corrected chi connectivity index (χ1v) is 3.57. The van der Waals surface area contributed by atoms with E-state index in [0.717, 1.165) is 6.07 Å². The predicted octanol–water partition coefficient (Wildman–Crippen LogP) is 0.600. The number of aliphatic hydroxyl groups excluding tert-OH is 1. The molecule has 0 aliphatic rings. The Kier molecular flexibility index (Phi) is 2.31. The zero-order chi connectivity index (χ0) is 8.43. The van der Waals surface area contributed by atoms with Crippen LogP contribution in [-0.2, 0) is 6.61 Å². The van der Waals surface area contributed by atoms with Gasteiger partial charge in [0.05, 0.1) is 0 Å². The smallest absolute Gasteiger partial charge is 0.228 e. The topological polar surface area (TPSA) is 70.7 Å². The Hall–Kier alpha value is -0.810. The van der Waals surface area contributed by atoms with Gasteiger partial charge in [0.2, 0.25) is 15.8 Å². The van der Waals surface area contributed by atoms with E-state index in [2.05, 4.69) is 15.9 Å². The molecule has 0 bridgehead atoms. The summed E-state index contributed by atoms with van der Waals surface area (Å²) < 4.78 is 4.69. The maximum Gasteiger partial charge on any atom is 0.228 e. The summed E-state index contributed by atoms with van der Waals surface area (Å²) in [6.45, 7) is -0.367. The number of hydrogen-bond acceptors (Lipinski definition) is 4. The summed E-state index contributed by atoms with van der Waals surface area (Å²) in [6.07, 6.45) is 0. The van der Waals surface area contributed by atoms with Crippen molar-refractivity contribution in [3.63, 3.8) is 0 Å². The van der Waals surface area contributed by atoms with Crippen molar-refractivity contribution in [3.8, 4) is 5.75 Å². The second-order valence-corrected chi connectivity index (χ2v) is 2.58. The van der Waals surface area contributed by atoms with Crippen LogP contribution in [0.2, 0.25) is 0 Å². The highest BCUT2D eigenvalue weighted by atomic mass is 79.9. The molecule has 0 amide bonds. The zero-order valence-corrected chi connectivity index (χ0v) is 6.96. The first kappa shape index (κ1) is 8.29. The van der Waals surface area contributed by atoms with Crippen molar-refractivity contribution in [1.82, 2.24) is 0 Å². The average Bonchev–Trinajstić information content (AvgIpc) is 1.99. The van der Waals surface area contributed by atoms with Crippen molar-refractivity contribution in [3.05, 3.63) is 26.7 Å². The van der Waals surface area contributed by atoms with E-state index in [-0.39, 0.29) is 17.0 Å². The number of aliphatic hydroxyl groups is 1. The average molecular weight is 221 g/mol. The van der Waals surface area contributed by atoms with Gasteiger partial charge in [-0.2, -0.15) is 0 Å². The molecular weight excluding hydrogens is 216 g/mol. The number of rotatable bonds is 1. The predicted molar refractivity (Wildman–Crippen MR) is 40.3 cm³/mol. The fourth-order valence-corrected chi connectivity index (χ4v) is 0.986. The summed E-state index contributed by atoms with van der Waals surface area (Å²) >= 11 is 2.81. The van der Waals surface area contributed by atoms with E-state index in [0.29, 0.717) is 0 Å². The highest BCUT2D eigenvalue weighted by Crippen LogP contribution is 2.19. The summed E-state index contributed by atoms with van der Waals surface area (Å²) in [6, 6.07) is 1.03. The number of aromatic hydroxyl groups is 1. The molecule has 1 rings (SSSR count). The third-order valence-corrected chi connectivity index (χ3v) is 1.63. The van der Waals surface area contributed by atoms with Crippen LogP contribution >= 0.6 is 15.9 Å². The molecule has 0 unspecified atom stereocenters. The van der Waals surface area contributed by atoms with Gasteiger partial charge in [0.25, 0.3) is 0 Å². The third kappa shape index (κ3) is 1.61. The third-order valence-electron chi connectivity index (χ3n) is 1.09. The van der Waals surface area contributed by atoms with Crippen LogP contribution in [0.1, 0.15) is 5.76 Å². The lowest BCUT2D eigenvalue weighted by Gasteiger charge is -1.97. The van der Waals surface area contributed by atoms with Crippen LogP contribution < -0.4 is 5.43 Å². The van der Waals surface area contributed by atoms with Crippen molar-refractivity contribution < 1.29 is 14.6 Å². The normalized spacial score (nSPS) is 10.0. The molecule has 0 radical (unpaired) electrons. The van der Waals surface area contributed by atoms with Crippen molar-refractivity contribution in [2.75, 3.05) is 0 Å². The van der Waals surface area contributed by atoms with Gasteiger partial charge in [-0.1, -0.05) is 0 Å². The van der Waals surface area contributed by atoms with Crippen LogP contribution in [0.15, 0.2) is 19.9 Å². The molecule has 0 atom stereocenters. The Balaban J connectivity index is 3.32. The van der Waals surface area contributed by atoms with Gasteiger partial charge in [0, 0.05) is 6.07 Å². The Labute approximate surface area is 70.2 Å². The maximum atomic E-state index is 10.8. The summed E-state index contributed by atoms with van der Waals surface area (Å²) in [5.74, 6) is -0.373. The SMILES string of the molecule is O=c1cc(CO)oc(Br)c1O. The molecule has 0 saturated carbocycles. The zero-order valence-electron chi connectivity index (χ0n) is 5.37. The van der Waals surface area contributed by atoms with E-state index in [1.807, 2.05) is 0 Å². The highest BCUT2D eigenvalue weighted by Gasteiger charge is 2.06. The van der Waals surface area contributed by atoms with Crippen LogP contribution in [0.3, 0.4) is 0 Å². The lowest BCUT2D eigenvalue weighted by Crippen LogP contribution is -2.01. The van der Waals surface area contributed by atoms with Crippen LogP contribution in [0.25, 0.3) is 0 Å². The molecule has 0 aliphatic heterocycles. The molecule has 0 saturated heterocycles. The summed E-state index contributed by atoms with van der Waals surface area (Å²) in [4.78, 5) is 10.8. The molecule has 0 spiro atoms. The van der Waals surface area contributed by atoms with Crippen LogP contribution in [0.5, 0.6) is 5.75 Å². The molecule has 0 aliphatic carbocycles. The Bertz CT molecular complexity index is 317. The molecule has 0 aromatic carbocycles. The largest absolute Gasteiger partial charge is 0.501 e. The quantitative estimate of drug-likeness (QED) is 0.728. The molecule has 1 heterocycles. The minimum atomic E-state index is -0.577. The molecule has 0 fully saturated rings. The Morgan fingerprint density at radius 1 is 1.64 bits per heavy atom. The molecule has 1 aromatic heterocycles. The minimum absolute atomic E-state index is 0.0611. The van der Waals surface area contributed by atoms with Crippen LogP contribution in [0, 0.1) is 0 Å². The van der Waals surface area contributed by atoms with Gasteiger partial charge >= 0.3 is 0 Å². The molecular formula is C6H5BrO4. The monoisotopic (exact) mass is 220 g/mol. The van der Waals surface area contributed by atoms with Gasteiger partial charge in [0.1, 0.15) is 12.4 Å². The molecule has 11 heavy (non-hydrogen) atoms. The van der Waals surface area contributed by atoms with E-state index in [1.165, 1.54) is 0 Å². The van der Waals surface area contributed by atoms with Gasteiger partial charge in [-0.25, -0.2) is 0 Å². The molecule has 5 heteroatoms. The fraction of sp³-hybridized carbons (Fsp3) is 0.167. The summed E-state index contributed by atoms with van der Waals surface area (Å²) in [7, 11) is 0. The fourth-order valence-electron chi connectivity index (χ4n) is 0.582. The van der Waals surface area contributed by atoms with Gasteiger partial charge in [0.15, 0.2) is 0 Å².